The summed E-state index contributed by atoms with van der Waals surface area (Å²) in [6, 6.07) is 0. The summed E-state index contributed by atoms with van der Waals surface area (Å²) in [5.74, 6) is -1.89. The van der Waals surface area contributed by atoms with Crippen molar-refractivity contribution in [3.05, 3.63) is 11.8 Å². The lowest BCUT2D eigenvalue weighted by Crippen LogP contribution is -2.37. The smallest absolute Gasteiger partial charge is 0.307 e. The van der Waals surface area contributed by atoms with Crippen LogP contribution in [0.2, 0.25) is 0 Å². The van der Waals surface area contributed by atoms with Gasteiger partial charge in [0.15, 0.2) is 5.76 Å². The maximum atomic E-state index is 12.1. The number of aliphatic carboxylic acids is 1. The minimum absolute atomic E-state index is 0.180. The zero-order valence-electron chi connectivity index (χ0n) is 10.8. The molecule has 1 aliphatic rings. The van der Waals surface area contributed by atoms with Gasteiger partial charge in [-0.1, -0.05) is 20.8 Å². The average Bonchev–Trinajstić information content (AvgIpc) is 2.22. The summed E-state index contributed by atoms with van der Waals surface area (Å²) in [4.78, 5) is 23.3. The van der Waals surface area contributed by atoms with Gasteiger partial charge in [0, 0.05) is 5.92 Å². The number of methoxy groups -OCH3 is 1. The van der Waals surface area contributed by atoms with Crippen molar-refractivity contribution in [1.82, 2.24) is 0 Å². The Morgan fingerprint density at radius 3 is 2.65 bits per heavy atom. The van der Waals surface area contributed by atoms with Gasteiger partial charge in [-0.25, -0.2) is 0 Å². The fourth-order valence-electron chi connectivity index (χ4n) is 2.44. The van der Waals surface area contributed by atoms with Crippen molar-refractivity contribution < 1.29 is 19.4 Å². The van der Waals surface area contributed by atoms with Gasteiger partial charge in [-0.15, -0.1) is 0 Å². The van der Waals surface area contributed by atoms with Crippen LogP contribution in [-0.4, -0.2) is 24.0 Å². The highest BCUT2D eigenvalue weighted by molar-refractivity contribution is 5.98. The third-order valence-electron chi connectivity index (χ3n) is 3.31. The number of carbonyl (C=O) groups is 2. The van der Waals surface area contributed by atoms with E-state index < -0.39 is 17.8 Å². The number of ketones is 1. The monoisotopic (exact) mass is 240 g/mol. The molecule has 0 spiro atoms. The Morgan fingerprint density at radius 1 is 1.65 bits per heavy atom. The molecule has 0 aromatic carbocycles. The lowest BCUT2D eigenvalue weighted by molar-refractivity contribution is -0.147. The van der Waals surface area contributed by atoms with E-state index in [0.717, 1.165) is 0 Å². The minimum Gasteiger partial charge on any atom is -0.493 e. The number of hydrogen-bond acceptors (Lipinski definition) is 3. The van der Waals surface area contributed by atoms with E-state index >= 15 is 0 Å². The van der Waals surface area contributed by atoms with Crippen molar-refractivity contribution in [2.24, 2.45) is 17.3 Å². The van der Waals surface area contributed by atoms with Gasteiger partial charge in [0.1, 0.15) is 0 Å². The molecule has 0 fully saturated rings. The van der Waals surface area contributed by atoms with E-state index in [1.165, 1.54) is 7.11 Å². The number of Topliss-reactive ketones (excluding diaryl/α,β-unsaturated/α-hetero) is 1. The Balaban J connectivity index is 3.07. The van der Waals surface area contributed by atoms with E-state index in [1.807, 2.05) is 13.8 Å². The first kappa shape index (κ1) is 13.7. The molecule has 0 aromatic heterocycles. The van der Waals surface area contributed by atoms with Gasteiger partial charge in [0.05, 0.1) is 13.0 Å². The van der Waals surface area contributed by atoms with E-state index in [9.17, 15) is 9.59 Å². The molecule has 4 nitrogen and oxygen atoms in total. The molecular weight excluding hydrogens is 220 g/mol. The number of carboxylic acid groups (broad SMARTS) is 1. The molecule has 0 aromatic rings. The largest absolute Gasteiger partial charge is 0.493 e. The van der Waals surface area contributed by atoms with Crippen molar-refractivity contribution in [2.75, 3.05) is 7.11 Å². The quantitative estimate of drug-likeness (QED) is 0.818. The topological polar surface area (TPSA) is 63.6 Å². The van der Waals surface area contributed by atoms with Crippen LogP contribution in [0.3, 0.4) is 0 Å². The second-order valence-electron chi connectivity index (χ2n) is 5.23. The first-order valence-electron chi connectivity index (χ1n) is 5.86. The van der Waals surface area contributed by atoms with Crippen LogP contribution in [-0.2, 0) is 14.3 Å². The maximum absolute atomic E-state index is 12.1. The summed E-state index contributed by atoms with van der Waals surface area (Å²) >= 11 is 0. The van der Waals surface area contributed by atoms with Crippen molar-refractivity contribution in [1.29, 1.82) is 0 Å². The van der Waals surface area contributed by atoms with Gasteiger partial charge in [-0.05, 0) is 24.3 Å². The first-order chi connectivity index (χ1) is 7.82. The molecule has 17 heavy (non-hydrogen) atoms. The van der Waals surface area contributed by atoms with Crippen molar-refractivity contribution in [3.63, 3.8) is 0 Å². The number of rotatable bonds is 4. The second-order valence-corrected chi connectivity index (χ2v) is 5.23. The van der Waals surface area contributed by atoms with Gasteiger partial charge >= 0.3 is 5.97 Å². The number of hydrogen-bond donors (Lipinski definition) is 1. The van der Waals surface area contributed by atoms with E-state index in [0.29, 0.717) is 18.6 Å². The predicted octanol–water partition coefficient (Wildman–Crippen LogP) is 2.24. The van der Waals surface area contributed by atoms with Crippen LogP contribution in [0.25, 0.3) is 0 Å². The molecule has 1 rings (SSSR count). The molecule has 96 valence electrons. The van der Waals surface area contributed by atoms with Crippen molar-refractivity contribution >= 4 is 11.8 Å². The molecule has 0 bridgehead atoms. The number of ether oxygens (including phenoxy) is 1. The molecule has 2 unspecified atom stereocenters. The highest BCUT2D eigenvalue weighted by Crippen LogP contribution is 2.39. The van der Waals surface area contributed by atoms with E-state index in [-0.39, 0.29) is 11.2 Å². The number of carboxylic acids is 1. The van der Waals surface area contributed by atoms with Crippen LogP contribution in [0.4, 0.5) is 0 Å². The summed E-state index contributed by atoms with van der Waals surface area (Å²) in [5.41, 5.74) is -0.202. The van der Waals surface area contributed by atoms with E-state index in [1.54, 1.807) is 13.0 Å². The molecule has 0 radical (unpaired) electrons. The van der Waals surface area contributed by atoms with Crippen molar-refractivity contribution in [2.45, 2.75) is 33.6 Å². The third-order valence-corrected chi connectivity index (χ3v) is 3.31. The second kappa shape index (κ2) is 4.90. The molecule has 0 aliphatic heterocycles. The lowest BCUT2D eigenvalue weighted by Gasteiger charge is -2.34. The molecule has 0 saturated heterocycles. The Labute approximate surface area is 102 Å². The van der Waals surface area contributed by atoms with E-state index in [2.05, 4.69) is 0 Å². The Bertz CT molecular complexity index is 354. The molecule has 0 saturated carbocycles. The SMILES string of the molecule is CCC(C(=O)O)C1CC(C)(C)C=C(OC)C1=O. The molecule has 1 N–H and O–H groups in total. The molecule has 1 aliphatic carbocycles. The zero-order valence-corrected chi connectivity index (χ0v) is 10.8. The summed E-state index contributed by atoms with van der Waals surface area (Å²) < 4.78 is 5.06. The zero-order chi connectivity index (χ0) is 13.2. The van der Waals surface area contributed by atoms with Gasteiger partial charge < -0.3 is 9.84 Å². The van der Waals surface area contributed by atoms with Crippen LogP contribution in [0.15, 0.2) is 11.8 Å². The van der Waals surface area contributed by atoms with Gasteiger partial charge in [0.2, 0.25) is 5.78 Å². The highest BCUT2D eigenvalue weighted by atomic mass is 16.5. The Hall–Kier alpha value is -1.32. The number of carbonyl (C=O) groups excluding carboxylic acids is 1. The standard InChI is InChI=1S/C13H20O4/c1-5-8(12(15)16)9-6-13(2,3)7-10(17-4)11(9)14/h7-9H,5-6H2,1-4H3,(H,15,16). The lowest BCUT2D eigenvalue weighted by atomic mass is 9.70. The van der Waals surface area contributed by atoms with Crippen LogP contribution >= 0.6 is 0 Å². The molecular formula is C13H20O4. The predicted molar refractivity (Wildman–Crippen MR) is 63.4 cm³/mol. The summed E-state index contributed by atoms with van der Waals surface area (Å²) in [6.07, 6.45) is 2.81. The van der Waals surface area contributed by atoms with Crippen LogP contribution in [0.1, 0.15) is 33.6 Å². The van der Waals surface area contributed by atoms with Crippen LogP contribution in [0, 0.1) is 17.3 Å². The third kappa shape index (κ3) is 2.87. The summed E-state index contributed by atoms with van der Waals surface area (Å²) in [5, 5.41) is 9.16. The van der Waals surface area contributed by atoms with Gasteiger partial charge in [-0.2, -0.15) is 0 Å². The fourth-order valence-corrected chi connectivity index (χ4v) is 2.44. The maximum Gasteiger partial charge on any atom is 0.307 e. The molecule has 0 amide bonds. The summed E-state index contributed by atoms with van der Waals surface area (Å²) in [6.45, 7) is 5.77. The Morgan fingerprint density at radius 2 is 2.24 bits per heavy atom. The highest BCUT2D eigenvalue weighted by Gasteiger charge is 2.41. The van der Waals surface area contributed by atoms with Crippen LogP contribution in [0.5, 0.6) is 0 Å². The fraction of sp³-hybridized carbons (Fsp3) is 0.692. The average molecular weight is 240 g/mol. The van der Waals surface area contributed by atoms with Crippen molar-refractivity contribution in [3.8, 4) is 0 Å². The molecule has 2 atom stereocenters. The molecule has 0 heterocycles. The Kier molecular flexibility index (Phi) is 3.96. The van der Waals surface area contributed by atoms with E-state index in [4.69, 9.17) is 9.84 Å². The normalized spacial score (nSPS) is 25.1. The minimum atomic E-state index is -0.904. The van der Waals surface area contributed by atoms with Crippen LogP contribution < -0.4 is 0 Å². The van der Waals surface area contributed by atoms with Gasteiger partial charge in [-0.3, -0.25) is 9.59 Å². The number of allylic oxidation sites excluding steroid dienone is 2. The summed E-state index contributed by atoms with van der Waals surface area (Å²) in [7, 11) is 1.45. The molecule has 4 heteroatoms. The first-order valence-corrected chi connectivity index (χ1v) is 5.86. The van der Waals surface area contributed by atoms with Gasteiger partial charge in [0.25, 0.3) is 0 Å².